The van der Waals surface area contributed by atoms with Crippen LogP contribution in [0.3, 0.4) is 0 Å². The van der Waals surface area contributed by atoms with Crippen molar-refractivity contribution < 1.29 is 5.11 Å². The fourth-order valence-corrected chi connectivity index (χ4v) is 2.66. The van der Waals surface area contributed by atoms with Gasteiger partial charge >= 0.3 is 0 Å². The Kier molecular flexibility index (Phi) is 5.84. The molecule has 0 saturated carbocycles. The van der Waals surface area contributed by atoms with Gasteiger partial charge in [0.1, 0.15) is 6.10 Å². The average molecular weight is 280 g/mol. The van der Waals surface area contributed by atoms with Crippen LogP contribution in [0.2, 0.25) is 0 Å². The van der Waals surface area contributed by atoms with E-state index in [1.165, 1.54) is 11.8 Å². The molecular weight excluding hydrogens is 256 g/mol. The highest BCUT2D eigenvalue weighted by Gasteiger charge is 2.14. The first-order valence-electron chi connectivity index (χ1n) is 7.93. The molecule has 0 aliphatic carbocycles. The molecule has 2 rings (SSSR count). The molecular formula is C20H24O. The highest BCUT2D eigenvalue weighted by molar-refractivity contribution is 5.88. The van der Waals surface area contributed by atoms with Gasteiger partial charge in [0.15, 0.2) is 0 Å². The molecule has 2 aromatic rings. The van der Waals surface area contributed by atoms with Gasteiger partial charge in [-0.2, -0.15) is 0 Å². The normalized spacial score (nSPS) is 13.5. The number of aliphatic hydroxyl groups excluding tert-OH is 1. The largest absolute Gasteiger partial charge is 0.380 e. The van der Waals surface area contributed by atoms with Gasteiger partial charge in [-0.3, -0.25) is 0 Å². The summed E-state index contributed by atoms with van der Waals surface area (Å²) in [5, 5.41) is 12.6. The molecule has 0 amide bonds. The molecule has 0 spiro atoms. The van der Waals surface area contributed by atoms with E-state index < -0.39 is 6.10 Å². The molecule has 1 nitrogen and oxygen atoms in total. The topological polar surface area (TPSA) is 20.2 Å². The Morgan fingerprint density at radius 1 is 1.05 bits per heavy atom. The molecule has 0 aliphatic rings. The molecule has 0 aliphatic heterocycles. The summed E-state index contributed by atoms with van der Waals surface area (Å²) in [5.41, 5.74) is 0.998. The van der Waals surface area contributed by atoms with Crippen molar-refractivity contribution in [2.75, 3.05) is 0 Å². The Morgan fingerprint density at radius 2 is 1.81 bits per heavy atom. The predicted octanol–water partition coefficient (Wildman–Crippen LogP) is 4.77. The van der Waals surface area contributed by atoms with Gasteiger partial charge in [0.2, 0.25) is 0 Å². The van der Waals surface area contributed by atoms with E-state index in [2.05, 4.69) is 43.9 Å². The van der Waals surface area contributed by atoms with Gasteiger partial charge in [-0.15, -0.1) is 0 Å². The molecule has 0 aromatic heterocycles. The zero-order valence-electron chi connectivity index (χ0n) is 13.0. The Hall–Kier alpha value is -1.78. The number of rotatable bonds is 5. The van der Waals surface area contributed by atoms with E-state index in [0.29, 0.717) is 0 Å². The number of benzene rings is 2. The maximum absolute atomic E-state index is 10.3. The van der Waals surface area contributed by atoms with Crippen molar-refractivity contribution in [2.24, 2.45) is 5.92 Å². The summed E-state index contributed by atoms with van der Waals surface area (Å²) in [7, 11) is 0. The number of aliphatic hydroxyl groups is 1. The number of fused-ring (bicyclic) bond motifs is 1. The maximum Gasteiger partial charge on any atom is 0.117 e. The Bertz CT molecular complexity index is 628. The van der Waals surface area contributed by atoms with E-state index >= 15 is 0 Å². The summed E-state index contributed by atoms with van der Waals surface area (Å²) in [6.45, 7) is 4.31. The second-order valence-corrected chi connectivity index (χ2v) is 5.55. The van der Waals surface area contributed by atoms with Gasteiger partial charge in [0.25, 0.3) is 0 Å². The highest BCUT2D eigenvalue weighted by Crippen LogP contribution is 2.19. The highest BCUT2D eigenvalue weighted by atomic mass is 16.3. The lowest BCUT2D eigenvalue weighted by Gasteiger charge is -2.16. The third-order valence-electron chi connectivity index (χ3n) is 4.04. The number of hydrogen-bond acceptors (Lipinski definition) is 1. The Balaban J connectivity index is 2.20. The van der Waals surface area contributed by atoms with Crippen LogP contribution in [0.4, 0.5) is 0 Å². The minimum absolute atomic E-state index is 0.285. The molecule has 0 heterocycles. The van der Waals surface area contributed by atoms with Crippen molar-refractivity contribution in [3.8, 4) is 11.8 Å². The SMILES string of the molecule is CCCCC(CC)C(O)C#Cc1cccc2ccccc12. The molecule has 1 N–H and O–H groups in total. The quantitative estimate of drug-likeness (QED) is 0.782. The summed E-state index contributed by atoms with van der Waals surface area (Å²) in [6, 6.07) is 14.4. The molecule has 2 unspecified atom stereocenters. The lowest BCUT2D eigenvalue weighted by atomic mass is 9.93. The summed E-state index contributed by atoms with van der Waals surface area (Å²) in [4.78, 5) is 0. The smallest absolute Gasteiger partial charge is 0.117 e. The molecule has 21 heavy (non-hydrogen) atoms. The first-order valence-corrected chi connectivity index (χ1v) is 7.93. The monoisotopic (exact) mass is 280 g/mol. The Labute approximate surface area is 128 Å². The van der Waals surface area contributed by atoms with E-state index in [4.69, 9.17) is 0 Å². The molecule has 2 atom stereocenters. The third kappa shape index (κ3) is 4.09. The van der Waals surface area contributed by atoms with Gasteiger partial charge in [0, 0.05) is 5.56 Å². The first kappa shape index (κ1) is 15.6. The van der Waals surface area contributed by atoms with Crippen molar-refractivity contribution in [3.05, 3.63) is 48.0 Å². The minimum atomic E-state index is -0.527. The van der Waals surface area contributed by atoms with Crippen LogP contribution in [-0.2, 0) is 0 Å². The average Bonchev–Trinajstić information content (AvgIpc) is 2.53. The lowest BCUT2D eigenvalue weighted by Crippen LogP contribution is -2.17. The Morgan fingerprint density at radius 3 is 2.57 bits per heavy atom. The number of unbranched alkanes of at least 4 members (excludes halogenated alkanes) is 1. The van der Waals surface area contributed by atoms with Gasteiger partial charge in [-0.05, 0) is 35.6 Å². The van der Waals surface area contributed by atoms with E-state index in [9.17, 15) is 5.11 Å². The second kappa shape index (κ2) is 7.86. The molecule has 1 heteroatoms. The van der Waals surface area contributed by atoms with Crippen LogP contribution >= 0.6 is 0 Å². The molecule has 110 valence electrons. The predicted molar refractivity (Wildman–Crippen MR) is 90.1 cm³/mol. The van der Waals surface area contributed by atoms with Gasteiger partial charge in [0.05, 0.1) is 0 Å². The van der Waals surface area contributed by atoms with Crippen molar-refractivity contribution in [1.82, 2.24) is 0 Å². The molecule has 0 radical (unpaired) electrons. The van der Waals surface area contributed by atoms with E-state index in [-0.39, 0.29) is 5.92 Å². The van der Waals surface area contributed by atoms with Crippen molar-refractivity contribution in [1.29, 1.82) is 0 Å². The molecule has 0 bridgehead atoms. The van der Waals surface area contributed by atoms with Gasteiger partial charge < -0.3 is 5.11 Å². The van der Waals surface area contributed by atoms with Gasteiger partial charge in [-0.1, -0.05) is 74.9 Å². The summed E-state index contributed by atoms with van der Waals surface area (Å²) < 4.78 is 0. The first-order chi connectivity index (χ1) is 10.3. The van der Waals surface area contributed by atoms with Crippen LogP contribution in [0.15, 0.2) is 42.5 Å². The van der Waals surface area contributed by atoms with Crippen LogP contribution in [0.25, 0.3) is 10.8 Å². The molecule has 2 aromatic carbocycles. The standard InChI is InChI=1S/C20H24O/c1-3-5-9-16(4-2)20(21)15-14-18-12-8-11-17-10-6-7-13-19(17)18/h6-8,10-13,16,20-21H,3-5,9H2,1-2H3. The fourth-order valence-electron chi connectivity index (χ4n) is 2.66. The minimum Gasteiger partial charge on any atom is -0.380 e. The van der Waals surface area contributed by atoms with E-state index in [1.807, 2.05) is 24.3 Å². The van der Waals surface area contributed by atoms with Crippen LogP contribution < -0.4 is 0 Å². The zero-order chi connectivity index (χ0) is 15.1. The van der Waals surface area contributed by atoms with Crippen LogP contribution in [-0.4, -0.2) is 11.2 Å². The zero-order valence-corrected chi connectivity index (χ0v) is 13.0. The van der Waals surface area contributed by atoms with E-state index in [0.717, 1.165) is 30.2 Å². The summed E-state index contributed by atoms with van der Waals surface area (Å²) >= 11 is 0. The van der Waals surface area contributed by atoms with Crippen LogP contribution in [0.5, 0.6) is 0 Å². The molecule has 0 saturated heterocycles. The van der Waals surface area contributed by atoms with Crippen LogP contribution in [0, 0.1) is 17.8 Å². The lowest BCUT2D eigenvalue weighted by molar-refractivity contribution is 0.150. The number of hydrogen-bond donors (Lipinski definition) is 1. The van der Waals surface area contributed by atoms with E-state index in [1.54, 1.807) is 0 Å². The van der Waals surface area contributed by atoms with Gasteiger partial charge in [-0.25, -0.2) is 0 Å². The van der Waals surface area contributed by atoms with Crippen LogP contribution in [0.1, 0.15) is 45.1 Å². The van der Waals surface area contributed by atoms with Crippen molar-refractivity contribution in [2.45, 2.75) is 45.6 Å². The third-order valence-corrected chi connectivity index (χ3v) is 4.04. The summed E-state index contributed by atoms with van der Waals surface area (Å²) in [5.74, 6) is 6.52. The second-order valence-electron chi connectivity index (χ2n) is 5.55. The summed E-state index contributed by atoms with van der Waals surface area (Å²) in [6.07, 6.45) is 3.83. The maximum atomic E-state index is 10.3. The van der Waals surface area contributed by atoms with Crippen molar-refractivity contribution >= 4 is 10.8 Å². The fraction of sp³-hybridized carbons (Fsp3) is 0.400. The molecule has 0 fully saturated rings. The van der Waals surface area contributed by atoms with Crippen molar-refractivity contribution in [3.63, 3.8) is 0 Å².